The summed E-state index contributed by atoms with van der Waals surface area (Å²) in [5, 5.41) is 4.73. The number of rotatable bonds is 9. The Morgan fingerprint density at radius 3 is 1.76 bits per heavy atom. The molecule has 10 aromatic rings. The van der Waals surface area contributed by atoms with Gasteiger partial charge in [0.25, 0.3) is 0 Å². The third kappa shape index (κ3) is 7.00. The number of aliphatic imine (C=N–C) groups is 1. The van der Waals surface area contributed by atoms with Crippen molar-refractivity contribution in [3.05, 3.63) is 241 Å². The SMILES string of the molecule is NC(=N/C(=C\Cc1ccc(-c2ccccc2)cc1)c1ccc(-c2ccc3c(c2)c2ccccc2n3-c2cccc(-c3ccccc3)c2)c2ccccc12)c1ccccc1. The molecule has 0 saturated carbocycles. The highest BCUT2D eigenvalue weighted by atomic mass is 15.0. The zero-order chi connectivity index (χ0) is 39.5. The molecule has 0 bridgehead atoms. The van der Waals surface area contributed by atoms with Crippen LogP contribution in [0.4, 0.5) is 0 Å². The van der Waals surface area contributed by atoms with E-state index in [9.17, 15) is 0 Å². The molecular weight excluding hydrogens is 715 g/mol. The third-order valence-corrected chi connectivity index (χ3v) is 11.3. The van der Waals surface area contributed by atoms with Crippen LogP contribution >= 0.6 is 0 Å². The van der Waals surface area contributed by atoms with Crippen LogP contribution in [-0.4, -0.2) is 10.4 Å². The fourth-order valence-corrected chi connectivity index (χ4v) is 8.35. The van der Waals surface area contributed by atoms with Gasteiger partial charge in [-0.05, 0) is 86.5 Å². The van der Waals surface area contributed by atoms with E-state index in [-0.39, 0.29) is 0 Å². The van der Waals surface area contributed by atoms with Gasteiger partial charge in [-0.15, -0.1) is 0 Å². The molecule has 0 unspecified atom stereocenters. The van der Waals surface area contributed by atoms with Gasteiger partial charge in [-0.2, -0.15) is 0 Å². The Labute approximate surface area is 344 Å². The molecule has 3 nitrogen and oxygen atoms in total. The molecule has 0 aliphatic heterocycles. The second-order valence-corrected chi connectivity index (χ2v) is 14.9. The van der Waals surface area contributed by atoms with Crippen LogP contribution in [-0.2, 0) is 6.42 Å². The second kappa shape index (κ2) is 15.7. The molecule has 0 aliphatic carbocycles. The zero-order valence-electron chi connectivity index (χ0n) is 32.5. The number of amidine groups is 1. The average Bonchev–Trinajstić information content (AvgIpc) is 3.65. The Morgan fingerprint density at radius 1 is 0.441 bits per heavy atom. The highest BCUT2D eigenvalue weighted by Gasteiger charge is 2.16. The van der Waals surface area contributed by atoms with E-state index < -0.39 is 0 Å². The number of nitrogens with zero attached hydrogens (tertiary/aromatic N) is 2. The van der Waals surface area contributed by atoms with Gasteiger partial charge < -0.3 is 10.3 Å². The normalized spacial score (nSPS) is 12.1. The smallest absolute Gasteiger partial charge is 0.131 e. The molecule has 0 amide bonds. The van der Waals surface area contributed by atoms with Crippen LogP contribution in [0.5, 0.6) is 0 Å². The lowest BCUT2D eigenvalue weighted by molar-refractivity contribution is 1.18. The summed E-state index contributed by atoms with van der Waals surface area (Å²) < 4.78 is 2.39. The first-order chi connectivity index (χ1) is 29.2. The van der Waals surface area contributed by atoms with Crippen molar-refractivity contribution in [3.8, 4) is 39.1 Å². The highest BCUT2D eigenvalue weighted by Crippen LogP contribution is 2.39. The fourth-order valence-electron chi connectivity index (χ4n) is 8.35. The average molecular weight is 756 g/mol. The summed E-state index contributed by atoms with van der Waals surface area (Å²) in [4.78, 5) is 5.13. The van der Waals surface area contributed by atoms with Crippen LogP contribution in [0.3, 0.4) is 0 Å². The zero-order valence-corrected chi connectivity index (χ0v) is 32.5. The quantitative estimate of drug-likeness (QED) is 0.116. The van der Waals surface area contributed by atoms with Gasteiger partial charge in [0, 0.05) is 27.6 Å². The number of hydrogen-bond acceptors (Lipinski definition) is 1. The Hall–Kier alpha value is -7.75. The third-order valence-electron chi connectivity index (χ3n) is 11.3. The largest absolute Gasteiger partial charge is 0.383 e. The van der Waals surface area contributed by atoms with E-state index in [0.717, 1.165) is 38.8 Å². The molecule has 0 aliphatic rings. The predicted molar refractivity (Wildman–Crippen MR) is 250 cm³/mol. The van der Waals surface area contributed by atoms with Crippen LogP contribution in [0.15, 0.2) is 229 Å². The molecule has 1 heterocycles. The fraction of sp³-hybridized carbons (Fsp3) is 0.0179. The van der Waals surface area contributed by atoms with Crippen molar-refractivity contribution < 1.29 is 0 Å². The summed E-state index contributed by atoms with van der Waals surface area (Å²) in [6, 6.07) is 77.5. The van der Waals surface area contributed by atoms with Crippen LogP contribution in [0.2, 0.25) is 0 Å². The molecule has 1 aromatic heterocycles. The molecule has 10 rings (SSSR count). The molecule has 0 fully saturated rings. The van der Waals surface area contributed by atoms with E-state index in [2.05, 4.69) is 193 Å². The number of benzene rings is 9. The van der Waals surface area contributed by atoms with E-state index in [1.165, 1.54) is 55.2 Å². The van der Waals surface area contributed by atoms with Gasteiger partial charge in [0.05, 0.1) is 16.7 Å². The summed E-state index contributed by atoms with van der Waals surface area (Å²) >= 11 is 0. The summed E-state index contributed by atoms with van der Waals surface area (Å²) in [6.45, 7) is 0. The standard InChI is InChI=1S/C56H41N3/c57-56(43-19-8-3-9-20-43)58-53(35-29-39-27-30-42(31-28-39)40-15-4-1-5-16-40)50-34-33-47(48-23-10-11-24-49(48)50)45-32-36-55-52(38-45)51-25-12-13-26-54(51)59(55)46-22-14-21-44(37-46)41-17-6-2-7-18-41/h1-28,30-38H,29H2,(H2,57,58)/b53-35-. The molecule has 3 heteroatoms. The van der Waals surface area contributed by atoms with Crippen LogP contribution in [0.1, 0.15) is 16.7 Å². The summed E-state index contributed by atoms with van der Waals surface area (Å²) in [7, 11) is 0. The first-order valence-electron chi connectivity index (χ1n) is 20.1. The Kier molecular flexibility index (Phi) is 9.46. The topological polar surface area (TPSA) is 43.3 Å². The molecule has 2 N–H and O–H groups in total. The minimum Gasteiger partial charge on any atom is -0.383 e. The number of allylic oxidation sites excluding steroid dienone is 1. The minimum atomic E-state index is 0.487. The monoisotopic (exact) mass is 755 g/mol. The maximum atomic E-state index is 6.74. The number of hydrogen-bond donors (Lipinski definition) is 1. The van der Waals surface area contributed by atoms with Crippen molar-refractivity contribution in [1.82, 2.24) is 4.57 Å². The second-order valence-electron chi connectivity index (χ2n) is 14.9. The van der Waals surface area contributed by atoms with Gasteiger partial charge in [0.1, 0.15) is 5.84 Å². The molecule has 280 valence electrons. The van der Waals surface area contributed by atoms with Crippen LogP contribution in [0.25, 0.3) is 77.3 Å². The van der Waals surface area contributed by atoms with E-state index in [1.54, 1.807) is 0 Å². The van der Waals surface area contributed by atoms with Crippen LogP contribution in [0, 0.1) is 0 Å². The van der Waals surface area contributed by atoms with E-state index in [4.69, 9.17) is 10.7 Å². The Morgan fingerprint density at radius 2 is 1.02 bits per heavy atom. The molecule has 0 saturated heterocycles. The van der Waals surface area contributed by atoms with Crippen molar-refractivity contribution in [1.29, 1.82) is 0 Å². The van der Waals surface area contributed by atoms with Crippen molar-refractivity contribution in [3.63, 3.8) is 0 Å². The Balaban J connectivity index is 1.07. The highest BCUT2D eigenvalue weighted by molar-refractivity contribution is 6.12. The maximum absolute atomic E-state index is 6.74. The van der Waals surface area contributed by atoms with Crippen molar-refractivity contribution in [2.75, 3.05) is 0 Å². The lowest BCUT2D eigenvalue weighted by atomic mass is 9.92. The van der Waals surface area contributed by atoms with Crippen molar-refractivity contribution in [2.45, 2.75) is 6.42 Å². The molecular formula is C56H41N3. The number of aromatic nitrogens is 1. The van der Waals surface area contributed by atoms with Crippen molar-refractivity contribution >= 4 is 44.1 Å². The lowest BCUT2D eigenvalue weighted by Gasteiger charge is -2.14. The van der Waals surface area contributed by atoms with Crippen molar-refractivity contribution in [2.24, 2.45) is 10.7 Å². The number of fused-ring (bicyclic) bond motifs is 4. The first-order valence-corrected chi connectivity index (χ1v) is 20.1. The summed E-state index contributed by atoms with van der Waals surface area (Å²) in [6.07, 6.45) is 2.92. The van der Waals surface area contributed by atoms with Gasteiger partial charge in [0.15, 0.2) is 0 Å². The number of nitrogens with two attached hydrogens (primary N) is 1. The molecule has 0 spiro atoms. The minimum absolute atomic E-state index is 0.487. The molecule has 0 radical (unpaired) electrons. The molecule has 0 atom stereocenters. The molecule has 9 aromatic carbocycles. The van der Waals surface area contributed by atoms with E-state index in [1.807, 2.05) is 36.4 Å². The molecule has 59 heavy (non-hydrogen) atoms. The summed E-state index contributed by atoms with van der Waals surface area (Å²) in [5.41, 5.74) is 21.4. The van der Waals surface area contributed by atoms with Crippen LogP contribution < -0.4 is 5.73 Å². The summed E-state index contributed by atoms with van der Waals surface area (Å²) in [5.74, 6) is 0.487. The van der Waals surface area contributed by atoms with Gasteiger partial charge >= 0.3 is 0 Å². The maximum Gasteiger partial charge on any atom is 0.131 e. The van der Waals surface area contributed by atoms with Gasteiger partial charge in [0.2, 0.25) is 0 Å². The Bertz CT molecular complexity index is 3160. The van der Waals surface area contributed by atoms with Gasteiger partial charge in [-0.3, -0.25) is 0 Å². The number of para-hydroxylation sites is 1. The van der Waals surface area contributed by atoms with E-state index >= 15 is 0 Å². The lowest BCUT2D eigenvalue weighted by Crippen LogP contribution is -2.13. The van der Waals surface area contributed by atoms with Gasteiger partial charge in [-0.1, -0.05) is 194 Å². The van der Waals surface area contributed by atoms with E-state index in [0.29, 0.717) is 12.3 Å². The first kappa shape index (κ1) is 35.6. The van der Waals surface area contributed by atoms with Gasteiger partial charge in [-0.25, -0.2) is 4.99 Å². The predicted octanol–water partition coefficient (Wildman–Crippen LogP) is 13.9.